The van der Waals surface area contributed by atoms with Crippen LogP contribution in [0.5, 0.6) is 0 Å². The van der Waals surface area contributed by atoms with Gasteiger partial charge in [-0.05, 0) is 48.6 Å². The molecule has 0 radical (unpaired) electrons. The van der Waals surface area contributed by atoms with Gasteiger partial charge in [-0.3, -0.25) is 4.79 Å². The Hall–Kier alpha value is -2.82. The molecule has 28 heavy (non-hydrogen) atoms. The molecule has 0 spiro atoms. The first-order valence-electron chi connectivity index (χ1n) is 9.99. The van der Waals surface area contributed by atoms with Crippen molar-refractivity contribution in [3.63, 3.8) is 0 Å². The van der Waals surface area contributed by atoms with Crippen LogP contribution in [-0.4, -0.2) is 43.0 Å². The monoisotopic (exact) mass is 378 g/mol. The van der Waals surface area contributed by atoms with E-state index in [4.69, 9.17) is 4.74 Å². The fraction of sp³-hybridized carbons (Fsp3) is 0.391. The van der Waals surface area contributed by atoms with Crippen molar-refractivity contribution in [2.45, 2.75) is 38.3 Å². The number of anilines is 1. The number of likely N-dealkylation sites (N-methyl/N-ethyl adjacent to an activating group) is 1. The number of benzene rings is 2. The van der Waals surface area contributed by atoms with E-state index in [1.54, 1.807) is 18.0 Å². The van der Waals surface area contributed by atoms with E-state index in [0.29, 0.717) is 18.5 Å². The SMILES string of the molecule is CN(Cc1ccc(N2CCCCC2)cc1)C(=O)C1Cc2ccccc2C(=O)O1. The second kappa shape index (κ2) is 8.05. The average molecular weight is 378 g/mol. The van der Waals surface area contributed by atoms with Crippen molar-refractivity contribution in [2.24, 2.45) is 0 Å². The normalized spacial score (nSPS) is 19.0. The van der Waals surface area contributed by atoms with E-state index in [1.807, 2.05) is 18.2 Å². The van der Waals surface area contributed by atoms with Crippen LogP contribution in [0.2, 0.25) is 0 Å². The second-order valence-electron chi connectivity index (χ2n) is 7.66. The lowest BCUT2D eigenvalue weighted by molar-refractivity contribution is -0.140. The lowest BCUT2D eigenvalue weighted by atomic mass is 9.98. The van der Waals surface area contributed by atoms with Gasteiger partial charge in [-0.25, -0.2) is 4.79 Å². The minimum atomic E-state index is -0.750. The first kappa shape index (κ1) is 18.5. The third-order valence-corrected chi connectivity index (χ3v) is 5.62. The van der Waals surface area contributed by atoms with Gasteiger partial charge in [0.05, 0.1) is 5.56 Å². The van der Waals surface area contributed by atoms with Crippen molar-refractivity contribution in [2.75, 3.05) is 25.0 Å². The van der Waals surface area contributed by atoms with Gasteiger partial charge in [-0.1, -0.05) is 30.3 Å². The van der Waals surface area contributed by atoms with Crippen LogP contribution < -0.4 is 4.90 Å². The number of fused-ring (bicyclic) bond motifs is 1. The number of hydrogen-bond donors (Lipinski definition) is 0. The summed E-state index contributed by atoms with van der Waals surface area (Å²) in [5.41, 5.74) is 3.74. The predicted molar refractivity (Wildman–Crippen MR) is 108 cm³/mol. The largest absolute Gasteiger partial charge is 0.448 e. The van der Waals surface area contributed by atoms with E-state index in [0.717, 1.165) is 24.2 Å². The molecule has 146 valence electrons. The number of nitrogens with zero attached hydrogens (tertiary/aromatic N) is 2. The van der Waals surface area contributed by atoms with Gasteiger partial charge in [-0.15, -0.1) is 0 Å². The zero-order valence-electron chi connectivity index (χ0n) is 16.3. The summed E-state index contributed by atoms with van der Waals surface area (Å²) in [6.45, 7) is 2.73. The minimum absolute atomic E-state index is 0.164. The van der Waals surface area contributed by atoms with Gasteiger partial charge in [0, 0.05) is 38.8 Å². The smallest absolute Gasteiger partial charge is 0.339 e. The summed E-state index contributed by atoms with van der Waals surface area (Å²) in [4.78, 5) is 29.0. The van der Waals surface area contributed by atoms with Crippen molar-refractivity contribution >= 4 is 17.6 Å². The Kier molecular flexibility index (Phi) is 5.33. The molecule has 2 aliphatic heterocycles. The molecule has 0 bridgehead atoms. The highest BCUT2D eigenvalue weighted by atomic mass is 16.5. The molecule has 1 unspecified atom stereocenters. The molecule has 1 saturated heterocycles. The molecular formula is C23H26N2O3. The second-order valence-corrected chi connectivity index (χ2v) is 7.66. The number of piperidine rings is 1. The minimum Gasteiger partial charge on any atom is -0.448 e. The molecule has 1 atom stereocenters. The van der Waals surface area contributed by atoms with Crippen LogP contribution in [0.1, 0.15) is 40.7 Å². The maximum absolute atomic E-state index is 12.8. The lowest BCUT2D eigenvalue weighted by Gasteiger charge is -2.29. The molecule has 1 amide bonds. The number of ether oxygens (including phenoxy) is 1. The molecule has 2 aliphatic rings. The number of hydrogen-bond acceptors (Lipinski definition) is 4. The zero-order valence-corrected chi connectivity index (χ0v) is 16.3. The standard InChI is InChI=1S/C23H26N2O3/c1-24(16-17-9-11-19(12-10-17)25-13-5-2-6-14-25)22(26)21-15-18-7-3-4-8-20(18)23(27)28-21/h3-4,7-12,21H,2,5-6,13-16H2,1H3. The fourth-order valence-corrected chi connectivity index (χ4v) is 4.03. The van der Waals surface area contributed by atoms with Crippen LogP contribution in [0.3, 0.4) is 0 Å². The first-order valence-corrected chi connectivity index (χ1v) is 9.99. The summed E-state index contributed by atoms with van der Waals surface area (Å²) >= 11 is 0. The van der Waals surface area contributed by atoms with Gasteiger partial charge in [0.1, 0.15) is 0 Å². The first-order chi connectivity index (χ1) is 13.6. The van der Waals surface area contributed by atoms with Crippen LogP contribution in [0, 0.1) is 0 Å². The Labute approximate surface area is 165 Å². The van der Waals surface area contributed by atoms with E-state index < -0.39 is 12.1 Å². The fourth-order valence-electron chi connectivity index (χ4n) is 4.03. The van der Waals surface area contributed by atoms with Crippen LogP contribution in [0.25, 0.3) is 0 Å². The van der Waals surface area contributed by atoms with Gasteiger partial charge in [0.2, 0.25) is 0 Å². The van der Waals surface area contributed by atoms with Gasteiger partial charge < -0.3 is 14.5 Å². The van der Waals surface area contributed by atoms with Crippen molar-refractivity contribution in [3.05, 3.63) is 65.2 Å². The van der Waals surface area contributed by atoms with Crippen molar-refractivity contribution in [1.29, 1.82) is 0 Å². The van der Waals surface area contributed by atoms with Gasteiger partial charge in [-0.2, -0.15) is 0 Å². The summed E-state index contributed by atoms with van der Waals surface area (Å²) < 4.78 is 5.40. The molecule has 1 fully saturated rings. The van der Waals surface area contributed by atoms with E-state index in [9.17, 15) is 9.59 Å². The summed E-state index contributed by atoms with van der Waals surface area (Å²) in [6, 6.07) is 15.7. The summed E-state index contributed by atoms with van der Waals surface area (Å²) in [6.07, 6.45) is 3.50. The molecule has 0 N–H and O–H groups in total. The van der Waals surface area contributed by atoms with Crippen LogP contribution in [-0.2, 0) is 22.5 Å². The summed E-state index contributed by atoms with van der Waals surface area (Å²) in [5.74, 6) is -0.581. The Bertz CT molecular complexity index is 856. The predicted octanol–water partition coefficient (Wildman–Crippen LogP) is 3.42. The Morgan fingerprint density at radius 3 is 2.54 bits per heavy atom. The molecule has 0 saturated carbocycles. The Morgan fingerprint density at radius 2 is 1.79 bits per heavy atom. The molecule has 2 aromatic carbocycles. The average Bonchev–Trinajstić information content (AvgIpc) is 2.74. The maximum Gasteiger partial charge on any atom is 0.339 e. The highest BCUT2D eigenvalue weighted by Crippen LogP contribution is 2.23. The Morgan fingerprint density at radius 1 is 1.07 bits per heavy atom. The molecule has 4 rings (SSSR count). The molecule has 2 heterocycles. The van der Waals surface area contributed by atoms with E-state index in [-0.39, 0.29) is 5.91 Å². The number of carbonyl (C=O) groups is 2. The molecule has 0 aromatic heterocycles. The summed E-state index contributed by atoms with van der Waals surface area (Å²) in [7, 11) is 1.76. The van der Waals surface area contributed by atoms with Crippen LogP contribution in [0.15, 0.2) is 48.5 Å². The van der Waals surface area contributed by atoms with Crippen molar-refractivity contribution in [3.8, 4) is 0 Å². The van der Waals surface area contributed by atoms with Crippen LogP contribution in [0.4, 0.5) is 5.69 Å². The molecule has 5 nitrogen and oxygen atoms in total. The van der Waals surface area contributed by atoms with Crippen LogP contribution >= 0.6 is 0 Å². The number of rotatable bonds is 4. The topological polar surface area (TPSA) is 49.9 Å². The van der Waals surface area contributed by atoms with Gasteiger partial charge >= 0.3 is 5.97 Å². The number of esters is 1. The highest BCUT2D eigenvalue weighted by Gasteiger charge is 2.32. The molecular weight excluding hydrogens is 352 g/mol. The third kappa shape index (κ3) is 3.88. The van der Waals surface area contributed by atoms with E-state index in [1.165, 1.54) is 24.9 Å². The molecule has 5 heteroatoms. The Balaban J connectivity index is 1.39. The number of carbonyl (C=O) groups excluding carboxylic acids is 2. The van der Waals surface area contributed by atoms with Crippen molar-refractivity contribution < 1.29 is 14.3 Å². The van der Waals surface area contributed by atoms with Gasteiger partial charge in [0.25, 0.3) is 5.91 Å². The van der Waals surface area contributed by atoms with Gasteiger partial charge in [0.15, 0.2) is 6.10 Å². The lowest BCUT2D eigenvalue weighted by Crippen LogP contribution is -2.42. The zero-order chi connectivity index (χ0) is 19.5. The molecule has 0 aliphatic carbocycles. The maximum atomic E-state index is 12.8. The number of amides is 1. The quantitative estimate of drug-likeness (QED) is 0.765. The highest BCUT2D eigenvalue weighted by molar-refractivity contribution is 5.95. The van der Waals surface area contributed by atoms with Crippen molar-refractivity contribution in [1.82, 2.24) is 4.90 Å². The summed E-state index contributed by atoms with van der Waals surface area (Å²) in [5, 5.41) is 0. The van der Waals surface area contributed by atoms with E-state index in [2.05, 4.69) is 29.2 Å². The third-order valence-electron chi connectivity index (χ3n) is 5.62. The number of cyclic esters (lactones) is 1. The van der Waals surface area contributed by atoms with E-state index >= 15 is 0 Å². The molecule has 2 aromatic rings.